The number of carbonyl (C=O) groups excluding carboxylic acids is 2. The van der Waals surface area contributed by atoms with Gasteiger partial charge in [0.1, 0.15) is 6.54 Å². The van der Waals surface area contributed by atoms with E-state index in [1.54, 1.807) is 11.0 Å². The van der Waals surface area contributed by atoms with Crippen molar-refractivity contribution >= 4 is 29.9 Å². The van der Waals surface area contributed by atoms with Crippen molar-refractivity contribution < 1.29 is 9.59 Å². The van der Waals surface area contributed by atoms with Crippen molar-refractivity contribution in [2.75, 3.05) is 32.7 Å². The van der Waals surface area contributed by atoms with Gasteiger partial charge in [0.05, 0.1) is 0 Å². The zero-order valence-corrected chi connectivity index (χ0v) is 12.5. The molecule has 0 aromatic heterocycles. The molecule has 2 aliphatic heterocycles. The van der Waals surface area contributed by atoms with Crippen LogP contribution in [0.2, 0.25) is 0 Å². The second kappa shape index (κ2) is 6.28. The molecule has 0 saturated carbocycles. The van der Waals surface area contributed by atoms with E-state index in [-0.39, 0.29) is 30.8 Å². The summed E-state index contributed by atoms with van der Waals surface area (Å²) < 4.78 is 0. The van der Waals surface area contributed by atoms with Gasteiger partial charge >= 0.3 is 0 Å². The first-order valence-corrected chi connectivity index (χ1v) is 6.77. The normalized spacial score (nSPS) is 17.5. The minimum absolute atomic E-state index is 0. The second-order valence-corrected chi connectivity index (χ2v) is 5.01. The van der Waals surface area contributed by atoms with Gasteiger partial charge in [0.2, 0.25) is 5.91 Å². The van der Waals surface area contributed by atoms with Gasteiger partial charge in [0.25, 0.3) is 5.91 Å². The van der Waals surface area contributed by atoms with E-state index < -0.39 is 0 Å². The highest BCUT2D eigenvalue weighted by atomic mass is 35.5. The molecule has 0 bridgehead atoms. The van der Waals surface area contributed by atoms with Gasteiger partial charge in [-0.3, -0.25) is 14.5 Å². The summed E-state index contributed by atoms with van der Waals surface area (Å²) in [6.07, 6.45) is 0. The zero-order chi connectivity index (χ0) is 14.1. The third-order valence-electron chi connectivity index (χ3n) is 3.80. The Morgan fingerprint density at radius 2 is 1.81 bits per heavy atom. The van der Waals surface area contributed by atoms with E-state index in [2.05, 4.69) is 11.9 Å². The minimum atomic E-state index is -0.130. The van der Waals surface area contributed by atoms with Gasteiger partial charge in [-0.05, 0) is 6.07 Å². The summed E-state index contributed by atoms with van der Waals surface area (Å²) in [6, 6.07) is 7.34. The first-order valence-electron chi connectivity index (χ1n) is 6.77. The average molecular weight is 308 g/mol. The van der Waals surface area contributed by atoms with Gasteiger partial charge in [-0.1, -0.05) is 24.8 Å². The van der Waals surface area contributed by atoms with Crippen LogP contribution in [-0.2, 0) is 4.79 Å². The van der Waals surface area contributed by atoms with Crippen molar-refractivity contribution in [2.45, 2.75) is 0 Å². The molecule has 21 heavy (non-hydrogen) atoms. The molecule has 0 unspecified atom stereocenters. The van der Waals surface area contributed by atoms with Crippen LogP contribution in [-0.4, -0.2) is 54.3 Å². The van der Waals surface area contributed by atoms with Crippen LogP contribution in [0.15, 0.2) is 30.8 Å². The van der Waals surface area contributed by atoms with Crippen molar-refractivity contribution in [3.05, 3.63) is 42.0 Å². The maximum Gasteiger partial charge on any atom is 0.259 e. The standard InChI is InChI=1S/C15H17N3O2.ClH/c1-11-12-4-2-3-5-13(12)15(20)18(11)10-14(19)17-8-6-16-7-9-17;/h2-5,16H,1,6-10H2;1H. The lowest BCUT2D eigenvalue weighted by Gasteiger charge is -2.29. The zero-order valence-electron chi connectivity index (χ0n) is 11.7. The number of hydrogen-bond donors (Lipinski definition) is 1. The second-order valence-electron chi connectivity index (χ2n) is 5.01. The Labute approximate surface area is 130 Å². The highest BCUT2D eigenvalue weighted by molar-refractivity contribution is 6.10. The van der Waals surface area contributed by atoms with Gasteiger partial charge in [-0.15, -0.1) is 12.4 Å². The average Bonchev–Trinajstić information content (AvgIpc) is 2.74. The lowest BCUT2D eigenvalue weighted by atomic mass is 10.1. The first kappa shape index (κ1) is 15.5. The van der Waals surface area contributed by atoms with E-state index in [1.807, 2.05) is 18.2 Å². The summed E-state index contributed by atoms with van der Waals surface area (Å²) in [6.45, 7) is 7.03. The molecule has 0 radical (unpaired) electrons. The van der Waals surface area contributed by atoms with Crippen molar-refractivity contribution in [3.63, 3.8) is 0 Å². The highest BCUT2D eigenvalue weighted by Gasteiger charge is 2.33. The SMILES string of the molecule is C=C1c2ccccc2C(=O)N1CC(=O)N1CCNCC1.Cl. The first-order chi connectivity index (χ1) is 9.68. The number of nitrogens with zero attached hydrogens (tertiary/aromatic N) is 2. The molecule has 5 nitrogen and oxygen atoms in total. The van der Waals surface area contributed by atoms with Crippen LogP contribution < -0.4 is 5.32 Å². The number of nitrogens with one attached hydrogen (secondary N) is 1. The quantitative estimate of drug-likeness (QED) is 0.886. The van der Waals surface area contributed by atoms with E-state index >= 15 is 0 Å². The predicted octanol–water partition coefficient (Wildman–Crippen LogP) is 0.967. The molecule has 0 atom stereocenters. The molecular weight excluding hydrogens is 290 g/mol. The van der Waals surface area contributed by atoms with Crippen LogP contribution in [0.5, 0.6) is 0 Å². The monoisotopic (exact) mass is 307 g/mol. The van der Waals surface area contributed by atoms with Crippen LogP contribution in [0.25, 0.3) is 5.70 Å². The van der Waals surface area contributed by atoms with Gasteiger partial charge < -0.3 is 10.2 Å². The lowest BCUT2D eigenvalue weighted by molar-refractivity contribution is -0.131. The fourth-order valence-electron chi connectivity index (χ4n) is 2.65. The predicted molar refractivity (Wildman–Crippen MR) is 83.2 cm³/mol. The van der Waals surface area contributed by atoms with E-state index in [0.29, 0.717) is 24.4 Å². The van der Waals surface area contributed by atoms with Crippen LogP contribution in [0.3, 0.4) is 0 Å². The molecule has 2 aliphatic rings. The summed E-state index contributed by atoms with van der Waals surface area (Å²) in [5.41, 5.74) is 2.07. The molecule has 1 saturated heterocycles. The molecule has 2 amide bonds. The Hall–Kier alpha value is -1.85. The lowest BCUT2D eigenvalue weighted by Crippen LogP contribution is -2.49. The Morgan fingerprint density at radius 3 is 2.43 bits per heavy atom. The number of benzene rings is 1. The Balaban J connectivity index is 0.00000161. The van der Waals surface area contributed by atoms with Crippen molar-refractivity contribution in [1.29, 1.82) is 0 Å². The summed E-state index contributed by atoms with van der Waals surface area (Å²) in [5, 5.41) is 3.20. The van der Waals surface area contributed by atoms with Crippen molar-refractivity contribution in [1.82, 2.24) is 15.1 Å². The molecule has 1 aromatic carbocycles. The van der Waals surface area contributed by atoms with Crippen molar-refractivity contribution in [3.8, 4) is 0 Å². The highest BCUT2D eigenvalue weighted by Crippen LogP contribution is 2.30. The Bertz CT molecular complexity index is 547. The van der Waals surface area contributed by atoms with E-state index in [0.717, 1.165) is 18.7 Å². The number of halogens is 1. The van der Waals surface area contributed by atoms with Gasteiger partial charge in [-0.25, -0.2) is 0 Å². The van der Waals surface area contributed by atoms with Crippen LogP contribution in [0.4, 0.5) is 0 Å². The topological polar surface area (TPSA) is 52.7 Å². The molecule has 1 fully saturated rings. The van der Waals surface area contributed by atoms with Crippen molar-refractivity contribution in [2.24, 2.45) is 0 Å². The Morgan fingerprint density at radius 1 is 1.19 bits per heavy atom. The molecule has 2 heterocycles. The molecular formula is C15H18ClN3O2. The van der Waals surface area contributed by atoms with Gasteiger partial charge in [0, 0.05) is 43.0 Å². The number of hydrogen-bond acceptors (Lipinski definition) is 3. The molecule has 1 N–H and O–H groups in total. The number of piperazine rings is 1. The van der Waals surface area contributed by atoms with Crippen LogP contribution >= 0.6 is 12.4 Å². The maximum atomic E-state index is 12.3. The van der Waals surface area contributed by atoms with Crippen LogP contribution in [0, 0.1) is 0 Å². The largest absolute Gasteiger partial charge is 0.339 e. The summed E-state index contributed by atoms with van der Waals surface area (Å²) in [7, 11) is 0. The fraction of sp³-hybridized carbons (Fsp3) is 0.333. The fourth-order valence-corrected chi connectivity index (χ4v) is 2.65. The van der Waals surface area contributed by atoms with Gasteiger partial charge in [-0.2, -0.15) is 0 Å². The number of fused-ring (bicyclic) bond motifs is 1. The molecule has 3 rings (SSSR count). The third kappa shape index (κ3) is 2.80. The van der Waals surface area contributed by atoms with Crippen LogP contribution in [0.1, 0.15) is 15.9 Å². The molecule has 112 valence electrons. The summed E-state index contributed by atoms with van der Waals surface area (Å²) in [5.74, 6) is -0.150. The minimum Gasteiger partial charge on any atom is -0.339 e. The number of carbonyl (C=O) groups is 2. The third-order valence-corrected chi connectivity index (χ3v) is 3.80. The summed E-state index contributed by atoms with van der Waals surface area (Å²) >= 11 is 0. The molecule has 6 heteroatoms. The maximum absolute atomic E-state index is 12.3. The summed E-state index contributed by atoms with van der Waals surface area (Å²) in [4.78, 5) is 27.8. The molecule has 0 spiro atoms. The Kier molecular flexibility index (Phi) is 4.65. The van der Waals surface area contributed by atoms with Gasteiger partial charge in [0.15, 0.2) is 0 Å². The number of amides is 2. The van der Waals surface area contributed by atoms with E-state index in [1.165, 1.54) is 4.90 Å². The smallest absolute Gasteiger partial charge is 0.259 e. The number of rotatable bonds is 2. The molecule has 0 aliphatic carbocycles. The van der Waals surface area contributed by atoms with E-state index in [9.17, 15) is 9.59 Å². The molecule has 1 aromatic rings. The van der Waals surface area contributed by atoms with E-state index in [4.69, 9.17) is 0 Å².